The molecule has 0 aromatic heterocycles. The van der Waals surface area contributed by atoms with Gasteiger partial charge in [0.25, 0.3) is 0 Å². The van der Waals surface area contributed by atoms with Gasteiger partial charge in [0.05, 0.1) is 6.10 Å². The zero-order valence-corrected chi connectivity index (χ0v) is 13.2. The molecule has 0 amide bonds. The third-order valence-electron chi connectivity index (χ3n) is 3.18. The Balaban J connectivity index is 1.91. The molecule has 3 nitrogen and oxygen atoms in total. The molecule has 0 aliphatic carbocycles. The second kappa shape index (κ2) is 7.27. The Morgan fingerprint density at radius 1 is 1.47 bits per heavy atom. The van der Waals surface area contributed by atoms with Crippen molar-refractivity contribution in [2.45, 2.75) is 45.4 Å². The normalized spacial score (nSPS) is 19.1. The first-order chi connectivity index (χ1) is 9.15. The number of nitrogens with one attached hydrogen (secondary N) is 1. The first kappa shape index (κ1) is 14.8. The Bertz CT molecular complexity index is 403. The summed E-state index contributed by atoms with van der Waals surface area (Å²) >= 11 is 3.58. The fourth-order valence-corrected chi connectivity index (χ4v) is 2.44. The molecule has 1 saturated heterocycles. The molecule has 19 heavy (non-hydrogen) atoms. The van der Waals surface area contributed by atoms with E-state index in [1.165, 1.54) is 5.56 Å². The van der Waals surface area contributed by atoms with Crippen molar-refractivity contribution >= 4 is 15.9 Å². The van der Waals surface area contributed by atoms with Crippen LogP contribution in [0.4, 0.5) is 0 Å². The number of halogens is 1. The molecule has 4 heteroatoms. The number of hydrogen-bond acceptors (Lipinski definition) is 3. The lowest BCUT2D eigenvalue weighted by Gasteiger charge is -2.14. The second-order valence-electron chi connectivity index (χ2n) is 5.23. The lowest BCUT2D eigenvalue weighted by molar-refractivity contribution is 0.0679. The van der Waals surface area contributed by atoms with Gasteiger partial charge in [0, 0.05) is 23.7 Å². The predicted molar refractivity (Wildman–Crippen MR) is 80.6 cm³/mol. The van der Waals surface area contributed by atoms with Gasteiger partial charge in [-0.25, -0.2) is 0 Å². The van der Waals surface area contributed by atoms with Crippen LogP contribution in [0.25, 0.3) is 0 Å². The van der Waals surface area contributed by atoms with Gasteiger partial charge < -0.3 is 14.8 Å². The van der Waals surface area contributed by atoms with Crippen molar-refractivity contribution in [1.82, 2.24) is 5.32 Å². The van der Waals surface area contributed by atoms with Crippen LogP contribution in [0.3, 0.4) is 0 Å². The lowest BCUT2D eigenvalue weighted by Crippen LogP contribution is -2.22. The van der Waals surface area contributed by atoms with Crippen LogP contribution in [0, 0.1) is 0 Å². The van der Waals surface area contributed by atoms with E-state index in [0.29, 0.717) is 12.6 Å². The Morgan fingerprint density at radius 3 is 3.00 bits per heavy atom. The fraction of sp³-hybridized carbons (Fsp3) is 0.600. The Kier molecular flexibility index (Phi) is 5.67. The summed E-state index contributed by atoms with van der Waals surface area (Å²) in [5.41, 5.74) is 1.22. The molecule has 1 atom stereocenters. The van der Waals surface area contributed by atoms with Crippen molar-refractivity contribution < 1.29 is 9.47 Å². The van der Waals surface area contributed by atoms with Gasteiger partial charge in [0.2, 0.25) is 0 Å². The number of rotatable bonds is 6. The molecule has 1 heterocycles. The largest absolute Gasteiger partial charge is 0.491 e. The van der Waals surface area contributed by atoms with Crippen LogP contribution in [0.5, 0.6) is 5.75 Å². The van der Waals surface area contributed by atoms with Crippen molar-refractivity contribution in [1.29, 1.82) is 0 Å². The van der Waals surface area contributed by atoms with E-state index < -0.39 is 0 Å². The van der Waals surface area contributed by atoms with Crippen LogP contribution in [0.15, 0.2) is 22.7 Å². The molecule has 1 fully saturated rings. The highest BCUT2D eigenvalue weighted by molar-refractivity contribution is 9.10. The highest BCUT2D eigenvalue weighted by atomic mass is 79.9. The van der Waals surface area contributed by atoms with Crippen LogP contribution >= 0.6 is 15.9 Å². The molecule has 1 aromatic carbocycles. The maximum absolute atomic E-state index is 5.82. The van der Waals surface area contributed by atoms with Crippen LogP contribution in [-0.4, -0.2) is 25.4 Å². The average molecular weight is 328 g/mol. The third-order valence-corrected chi connectivity index (χ3v) is 3.95. The summed E-state index contributed by atoms with van der Waals surface area (Å²) in [6.07, 6.45) is 2.52. The first-order valence-electron chi connectivity index (χ1n) is 6.91. The molecule has 0 saturated carbocycles. The summed E-state index contributed by atoms with van der Waals surface area (Å²) in [6, 6.07) is 6.61. The van der Waals surface area contributed by atoms with Gasteiger partial charge in [-0.05, 0) is 36.6 Å². The van der Waals surface area contributed by atoms with Gasteiger partial charge in [0.1, 0.15) is 12.4 Å². The standard InChI is InChI=1S/C15H22BrNO2/c1-11(2)17-9-12-8-13(5-6-15(12)16)19-10-14-4-3-7-18-14/h5-6,8,11,14,17H,3-4,7,9-10H2,1-2H3. The number of hydrogen-bond donors (Lipinski definition) is 1. The van der Waals surface area contributed by atoms with Crippen molar-refractivity contribution in [3.8, 4) is 5.75 Å². The zero-order valence-electron chi connectivity index (χ0n) is 11.6. The van der Waals surface area contributed by atoms with E-state index in [-0.39, 0.29) is 6.10 Å². The van der Waals surface area contributed by atoms with E-state index in [9.17, 15) is 0 Å². The molecular formula is C15H22BrNO2. The topological polar surface area (TPSA) is 30.5 Å². The van der Waals surface area contributed by atoms with Crippen molar-refractivity contribution in [2.75, 3.05) is 13.2 Å². The van der Waals surface area contributed by atoms with E-state index in [2.05, 4.69) is 41.2 Å². The first-order valence-corrected chi connectivity index (χ1v) is 7.70. The van der Waals surface area contributed by atoms with E-state index in [0.717, 1.165) is 36.2 Å². The van der Waals surface area contributed by atoms with Gasteiger partial charge in [0.15, 0.2) is 0 Å². The molecule has 106 valence electrons. The molecule has 1 aromatic rings. The summed E-state index contributed by atoms with van der Waals surface area (Å²) < 4.78 is 12.5. The van der Waals surface area contributed by atoms with Gasteiger partial charge in [-0.15, -0.1) is 0 Å². The zero-order chi connectivity index (χ0) is 13.7. The molecule has 1 aliphatic rings. The highest BCUT2D eigenvalue weighted by Gasteiger charge is 2.16. The van der Waals surface area contributed by atoms with Crippen molar-refractivity contribution in [2.24, 2.45) is 0 Å². The third kappa shape index (κ3) is 4.79. The van der Waals surface area contributed by atoms with Gasteiger partial charge in [-0.2, -0.15) is 0 Å². The van der Waals surface area contributed by atoms with E-state index in [1.54, 1.807) is 0 Å². The number of ether oxygens (including phenoxy) is 2. The summed E-state index contributed by atoms with van der Waals surface area (Å²) in [7, 11) is 0. The van der Waals surface area contributed by atoms with Gasteiger partial charge in [-0.3, -0.25) is 0 Å². The SMILES string of the molecule is CC(C)NCc1cc(OCC2CCCO2)ccc1Br. The predicted octanol–water partition coefficient (Wildman–Crippen LogP) is 3.50. The van der Waals surface area contributed by atoms with Crippen molar-refractivity contribution in [3.05, 3.63) is 28.2 Å². The smallest absolute Gasteiger partial charge is 0.119 e. The summed E-state index contributed by atoms with van der Waals surface area (Å²) in [5.74, 6) is 0.916. The molecule has 1 aliphatic heterocycles. The minimum atomic E-state index is 0.265. The molecule has 2 rings (SSSR count). The van der Waals surface area contributed by atoms with Crippen LogP contribution < -0.4 is 10.1 Å². The minimum Gasteiger partial charge on any atom is -0.491 e. The maximum atomic E-state index is 5.82. The van der Waals surface area contributed by atoms with Gasteiger partial charge in [-0.1, -0.05) is 29.8 Å². The maximum Gasteiger partial charge on any atom is 0.119 e. The Hall–Kier alpha value is -0.580. The Morgan fingerprint density at radius 2 is 2.32 bits per heavy atom. The van der Waals surface area contributed by atoms with Crippen molar-refractivity contribution in [3.63, 3.8) is 0 Å². The summed E-state index contributed by atoms with van der Waals surface area (Å²) in [4.78, 5) is 0. The van der Waals surface area contributed by atoms with E-state index >= 15 is 0 Å². The monoisotopic (exact) mass is 327 g/mol. The molecule has 0 bridgehead atoms. The lowest BCUT2D eigenvalue weighted by atomic mass is 10.2. The molecular weight excluding hydrogens is 306 g/mol. The van der Waals surface area contributed by atoms with E-state index in [1.807, 2.05) is 12.1 Å². The summed E-state index contributed by atoms with van der Waals surface area (Å²) in [6.45, 7) is 6.66. The highest BCUT2D eigenvalue weighted by Crippen LogP contribution is 2.23. The Labute approximate surface area is 123 Å². The molecule has 1 unspecified atom stereocenters. The fourth-order valence-electron chi connectivity index (χ4n) is 2.06. The van der Waals surface area contributed by atoms with Crippen LogP contribution in [0.1, 0.15) is 32.3 Å². The van der Waals surface area contributed by atoms with Crippen LogP contribution in [0.2, 0.25) is 0 Å². The molecule has 0 spiro atoms. The second-order valence-corrected chi connectivity index (χ2v) is 6.09. The van der Waals surface area contributed by atoms with Gasteiger partial charge >= 0.3 is 0 Å². The number of benzene rings is 1. The quantitative estimate of drug-likeness (QED) is 0.867. The average Bonchev–Trinajstić information content (AvgIpc) is 2.89. The summed E-state index contributed by atoms with van der Waals surface area (Å²) in [5, 5.41) is 3.42. The molecule has 0 radical (unpaired) electrons. The van der Waals surface area contributed by atoms with Crippen LogP contribution in [-0.2, 0) is 11.3 Å². The minimum absolute atomic E-state index is 0.265. The van der Waals surface area contributed by atoms with E-state index in [4.69, 9.17) is 9.47 Å². The molecule has 1 N–H and O–H groups in total.